The van der Waals surface area contributed by atoms with Gasteiger partial charge in [0, 0.05) is 11.0 Å². The Kier molecular flexibility index (Phi) is 6.11. The average Bonchev–Trinajstić information content (AvgIpc) is 3.03. The normalized spacial score (nSPS) is 12.9. The molecule has 2 aromatic rings. The molecule has 0 aliphatic heterocycles. The SMILES string of the molecule is CCC(NC(=O)c1cnc(C(C)(C)C)s1)c1ccccc1OC(F)F. The zero-order valence-corrected chi connectivity index (χ0v) is 15.5. The third-order valence-corrected chi connectivity index (χ3v) is 5.02. The Morgan fingerprint density at radius 1 is 1.32 bits per heavy atom. The van der Waals surface area contributed by atoms with Gasteiger partial charge in [0.2, 0.25) is 0 Å². The Labute approximate surface area is 150 Å². The van der Waals surface area contributed by atoms with Gasteiger partial charge < -0.3 is 10.1 Å². The molecular formula is C18H22F2N2O2S. The number of alkyl halides is 2. The van der Waals surface area contributed by atoms with E-state index in [9.17, 15) is 13.6 Å². The van der Waals surface area contributed by atoms with Crippen molar-refractivity contribution < 1.29 is 18.3 Å². The smallest absolute Gasteiger partial charge is 0.387 e. The molecule has 2 rings (SSSR count). The third kappa shape index (κ3) is 4.98. The summed E-state index contributed by atoms with van der Waals surface area (Å²) in [4.78, 5) is 17.3. The highest BCUT2D eigenvalue weighted by molar-refractivity contribution is 7.13. The van der Waals surface area contributed by atoms with E-state index in [-0.39, 0.29) is 17.1 Å². The molecular weight excluding hydrogens is 346 g/mol. The number of aromatic nitrogens is 1. The number of amides is 1. The van der Waals surface area contributed by atoms with Gasteiger partial charge in [-0.15, -0.1) is 11.3 Å². The number of ether oxygens (including phenoxy) is 1. The number of hydrogen-bond acceptors (Lipinski definition) is 4. The first-order valence-corrected chi connectivity index (χ1v) is 8.85. The van der Waals surface area contributed by atoms with Gasteiger partial charge in [-0.05, 0) is 12.5 Å². The van der Waals surface area contributed by atoms with Crippen LogP contribution in [0.2, 0.25) is 0 Å². The maximum absolute atomic E-state index is 12.6. The van der Waals surface area contributed by atoms with Crippen LogP contribution in [0.4, 0.5) is 8.78 Å². The monoisotopic (exact) mass is 368 g/mol. The van der Waals surface area contributed by atoms with E-state index < -0.39 is 12.7 Å². The molecule has 0 saturated carbocycles. The van der Waals surface area contributed by atoms with Crippen LogP contribution in [-0.4, -0.2) is 17.5 Å². The average molecular weight is 368 g/mol. The summed E-state index contributed by atoms with van der Waals surface area (Å²) in [5.41, 5.74) is 0.393. The van der Waals surface area contributed by atoms with Crippen LogP contribution in [0.5, 0.6) is 5.75 Å². The van der Waals surface area contributed by atoms with Gasteiger partial charge in [0.1, 0.15) is 10.6 Å². The first-order valence-electron chi connectivity index (χ1n) is 8.03. The van der Waals surface area contributed by atoms with Crippen molar-refractivity contribution >= 4 is 17.2 Å². The Morgan fingerprint density at radius 3 is 2.56 bits per heavy atom. The molecule has 1 heterocycles. The number of nitrogens with zero attached hydrogens (tertiary/aromatic N) is 1. The fraction of sp³-hybridized carbons (Fsp3) is 0.444. The standard InChI is InChI=1S/C18H22F2N2O2S/c1-5-12(11-8-6-7-9-13(11)24-17(19)20)22-15(23)14-10-21-16(25-14)18(2,3)4/h6-10,12,17H,5H2,1-4H3,(H,22,23). The van der Waals surface area contributed by atoms with Crippen molar-refractivity contribution in [2.75, 3.05) is 0 Å². The Hall–Kier alpha value is -2.02. The van der Waals surface area contributed by atoms with E-state index in [0.717, 1.165) is 5.01 Å². The summed E-state index contributed by atoms with van der Waals surface area (Å²) >= 11 is 1.34. The lowest BCUT2D eigenvalue weighted by molar-refractivity contribution is -0.0506. The number of halogens is 2. The van der Waals surface area contributed by atoms with Crippen molar-refractivity contribution in [3.63, 3.8) is 0 Å². The lowest BCUT2D eigenvalue weighted by Gasteiger charge is -2.20. The van der Waals surface area contributed by atoms with E-state index >= 15 is 0 Å². The summed E-state index contributed by atoms with van der Waals surface area (Å²) in [6.07, 6.45) is 2.09. The zero-order chi connectivity index (χ0) is 18.6. The van der Waals surface area contributed by atoms with Crippen molar-refractivity contribution in [2.24, 2.45) is 0 Å². The highest BCUT2D eigenvalue weighted by Crippen LogP contribution is 2.30. The minimum atomic E-state index is -2.91. The molecule has 136 valence electrons. The van der Waals surface area contributed by atoms with Gasteiger partial charge in [-0.3, -0.25) is 4.79 Å². The fourth-order valence-corrected chi connectivity index (χ4v) is 3.20. The Morgan fingerprint density at radius 2 is 2.00 bits per heavy atom. The van der Waals surface area contributed by atoms with Crippen LogP contribution in [0.1, 0.15) is 60.4 Å². The van der Waals surface area contributed by atoms with Crippen LogP contribution in [0.3, 0.4) is 0 Å². The minimum Gasteiger partial charge on any atom is -0.434 e. The topological polar surface area (TPSA) is 51.2 Å². The molecule has 1 N–H and O–H groups in total. The van der Waals surface area contributed by atoms with Crippen LogP contribution in [0.15, 0.2) is 30.5 Å². The quantitative estimate of drug-likeness (QED) is 0.787. The molecule has 0 spiro atoms. The van der Waals surface area contributed by atoms with E-state index in [1.54, 1.807) is 24.4 Å². The molecule has 7 heteroatoms. The van der Waals surface area contributed by atoms with Gasteiger partial charge in [-0.2, -0.15) is 8.78 Å². The summed E-state index contributed by atoms with van der Waals surface area (Å²) in [5, 5.41) is 3.75. The van der Waals surface area contributed by atoms with E-state index in [2.05, 4.69) is 15.0 Å². The summed E-state index contributed by atoms with van der Waals surface area (Å²) in [6.45, 7) is 5.04. The van der Waals surface area contributed by atoms with E-state index in [0.29, 0.717) is 16.9 Å². The van der Waals surface area contributed by atoms with Gasteiger partial charge >= 0.3 is 6.61 Å². The second-order valence-corrected chi connectivity index (χ2v) is 7.66. The van der Waals surface area contributed by atoms with Crippen LogP contribution in [0, 0.1) is 0 Å². The van der Waals surface area contributed by atoms with Crippen LogP contribution >= 0.6 is 11.3 Å². The first-order chi connectivity index (χ1) is 11.7. The molecule has 1 unspecified atom stereocenters. The molecule has 0 aliphatic rings. The van der Waals surface area contributed by atoms with Gasteiger partial charge in [0.05, 0.1) is 17.2 Å². The van der Waals surface area contributed by atoms with Crippen LogP contribution in [0.25, 0.3) is 0 Å². The molecule has 0 aliphatic carbocycles. The van der Waals surface area contributed by atoms with Crippen molar-refractivity contribution in [2.45, 2.75) is 52.2 Å². The van der Waals surface area contributed by atoms with Gasteiger partial charge in [-0.1, -0.05) is 45.9 Å². The number of benzene rings is 1. The van der Waals surface area contributed by atoms with E-state index in [1.807, 2.05) is 27.7 Å². The molecule has 4 nitrogen and oxygen atoms in total. The number of para-hydroxylation sites is 1. The predicted molar refractivity (Wildman–Crippen MR) is 94.4 cm³/mol. The number of hydrogen-bond donors (Lipinski definition) is 1. The second-order valence-electron chi connectivity index (χ2n) is 6.63. The molecule has 0 saturated heterocycles. The molecule has 0 fully saturated rings. The third-order valence-electron chi connectivity index (χ3n) is 3.60. The Bertz CT molecular complexity index is 726. The van der Waals surface area contributed by atoms with Gasteiger partial charge in [0.15, 0.2) is 0 Å². The largest absolute Gasteiger partial charge is 0.434 e. The highest BCUT2D eigenvalue weighted by atomic mass is 32.1. The lowest BCUT2D eigenvalue weighted by Crippen LogP contribution is -2.28. The molecule has 1 aromatic carbocycles. The first kappa shape index (κ1) is 19.3. The number of nitrogens with one attached hydrogen (secondary N) is 1. The van der Waals surface area contributed by atoms with E-state index in [4.69, 9.17) is 0 Å². The van der Waals surface area contributed by atoms with Crippen LogP contribution in [-0.2, 0) is 5.41 Å². The van der Waals surface area contributed by atoms with Gasteiger partial charge in [0.25, 0.3) is 5.91 Å². The fourth-order valence-electron chi connectivity index (χ4n) is 2.33. The van der Waals surface area contributed by atoms with Crippen molar-refractivity contribution in [1.82, 2.24) is 10.3 Å². The van der Waals surface area contributed by atoms with Crippen molar-refractivity contribution in [1.29, 1.82) is 0 Å². The number of rotatable bonds is 6. The number of thiazole rings is 1. The number of carbonyl (C=O) groups excluding carboxylic acids is 1. The van der Waals surface area contributed by atoms with Crippen LogP contribution < -0.4 is 10.1 Å². The van der Waals surface area contributed by atoms with Gasteiger partial charge in [-0.25, -0.2) is 4.98 Å². The summed E-state index contributed by atoms with van der Waals surface area (Å²) in [7, 11) is 0. The molecule has 25 heavy (non-hydrogen) atoms. The summed E-state index contributed by atoms with van der Waals surface area (Å²) < 4.78 is 29.8. The molecule has 1 aromatic heterocycles. The number of carbonyl (C=O) groups is 1. The molecule has 1 atom stereocenters. The maximum Gasteiger partial charge on any atom is 0.387 e. The van der Waals surface area contributed by atoms with Crippen molar-refractivity contribution in [3.05, 3.63) is 45.9 Å². The zero-order valence-electron chi connectivity index (χ0n) is 14.7. The molecule has 1 amide bonds. The maximum atomic E-state index is 12.6. The highest BCUT2D eigenvalue weighted by Gasteiger charge is 2.23. The lowest BCUT2D eigenvalue weighted by atomic mass is 9.98. The summed E-state index contributed by atoms with van der Waals surface area (Å²) in [6, 6.07) is 6.07. The Balaban J connectivity index is 2.20. The second kappa shape index (κ2) is 7.91. The molecule has 0 bridgehead atoms. The minimum absolute atomic E-state index is 0.0735. The van der Waals surface area contributed by atoms with E-state index in [1.165, 1.54) is 17.4 Å². The summed E-state index contributed by atoms with van der Waals surface area (Å²) in [5.74, 6) is -0.198. The predicted octanol–water partition coefficient (Wildman–Crippen LogP) is 4.92. The van der Waals surface area contributed by atoms with Crippen molar-refractivity contribution in [3.8, 4) is 5.75 Å². The molecule has 0 radical (unpaired) electrons.